The number of nitrogens with zero attached hydrogens (tertiary/aromatic N) is 2. The minimum absolute atomic E-state index is 0.106. The van der Waals surface area contributed by atoms with Crippen molar-refractivity contribution in [2.45, 2.75) is 26.2 Å². The molecule has 7 heteroatoms. The van der Waals surface area contributed by atoms with Crippen LogP contribution in [0.15, 0.2) is 29.4 Å². The fourth-order valence-corrected chi connectivity index (χ4v) is 2.10. The summed E-state index contributed by atoms with van der Waals surface area (Å²) in [5, 5.41) is 11.7. The van der Waals surface area contributed by atoms with E-state index in [1.807, 2.05) is 20.8 Å². The van der Waals surface area contributed by atoms with Gasteiger partial charge in [-0.15, -0.1) is 0 Å². The van der Waals surface area contributed by atoms with Crippen molar-refractivity contribution in [1.29, 1.82) is 0 Å². The number of carbonyl (C=O) groups excluding carboxylic acids is 1. The van der Waals surface area contributed by atoms with Crippen LogP contribution in [-0.4, -0.2) is 22.3 Å². The van der Waals surface area contributed by atoms with Crippen LogP contribution in [0.25, 0.3) is 0 Å². The van der Waals surface area contributed by atoms with Crippen LogP contribution in [-0.2, 0) is 5.41 Å². The number of aromatic amines is 1. The van der Waals surface area contributed by atoms with E-state index >= 15 is 0 Å². The fraction of sp³-hybridized carbons (Fsp3) is 0.267. The topological polar surface area (TPSA) is 70.1 Å². The maximum atomic E-state index is 12.0. The third-order valence-corrected chi connectivity index (χ3v) is 3.51. The first-order valence-corrected chi connectivity index (χ1v) is 7.37. The lowest BCUT2D eigenvalue weighted by atomic mass is 9.92. The average Bonchev–Trinajstić information content (AvgIpc) is 2.90. The van der Waals surface area contributed by atoms with E-state index in [0.717, 1.165) is 5.69 Å². The quantitative estimate of drug-likeness (QED) is 0.660. The summed E-state index contributed by atoms with van der Waals surface area (Å²) in [6.45, 7) is 6.09. The molecule has 0 aliphatic heterocycles. The number of amides is 1. The maximum Gasteiger partial charge on any atom is 0.291 e. The molecule has 0 saturated carbocycles. The van der Waals surface area contributed by atoms with Crippen molar-refractivity contribution in [2.24, 2.45) is 5.10 Å². The van der Waals surface area contributed by atoms with E-state index in [9.17, 15) is 4.79 Å². The predicted octanol–water partition coefficient (Wildman–Crippen LogP) is 3.78. The van der Waals surface area contributed by atoms with Crippen molar-refractivity contribution >= 4 is 35.3 Å². The van der Waals surface area contributed by atoms with Crippen LogP contribution in [0.3, 0.4) is 0 Å². The van der Waals surface area contributed by atoms with Crippen molar-refractivity contribution in [3.05, 3.63) is 51.3 Å². The van der Waals surface area contributed by atoms with Crippen molar-refractivity contribution in [2.75, 3.05) is 0 Å². The van der Waals surface area contributed by atoms with Crippen LogP contribution in [0.4, 0.5) is 0 Å². The lowest BCUT2D eigenvalue weighted by Gasteiger charge is -2.14. The Morgan fingerprint density at radius 1 is 1.32 bits per heavy atom. The second kappa shape index (κ2) is 6.50. The molecule has 2 rings (SSSR count). The highest BCUT2D eigenvalue weighted by atomic mass is 35.5. The summed E-state index contributed by atoms with van der Waals surface area (Å²) in [4.78, 5) is 12.0. The molecule has 2 aromatic rings. The summed E-state index contributed by atoms with van der Waals surface area (Å²) in [6.07, 6.45) is 1.45. The molecule has 0 spiro atoms. The van der Waals surface area contributed by atoms with E-state index in [4.69, 9.17) is 23.2 Å². The number of hydrazone groups is 1. The number of rotatable bonds is 3. The first-order chi connectivity index (χ1) is 10.3. The zero-order chi connectivity index (χ0) is 16.3. The molecule has 1 aromatic heterocycles. The molecule has 0 aliphatic rings. The van der Waals surface area contributed by atoms with E-state index < -0.39 is 5.91 Å². The number of hydrogen-bond donors (Lipinski definition) is 2. The van der Waals surface area contributed by atoms with Gasteiger partial charge < -0.3 is 0 Å². The molecule has 0 fully saturated rings. The molecule has 0 saturated heterocycles. The Kier molecular flexibility index (Phi) is 4.88. The molecule has 0 radical (unpaired) electrons. The maximum absolute atomic E-state index is 12.0. The Labute approximate surface area is 138 Å². The van der Waals surface area contributed by atoms with Crippen LogP contribution in [0.5, 0.6) is 0 Å². The van der Waals surface area contributed by atoms with Crippen LogP contribution in [0.2, 0.25) is 10.0 Å². The number of halogens is 2. The molecule has 1 amide bonds. The lowest BCUT2D eigenvalue weighted by molar-refractivity contribution is 0.0950. The summed E-state index contributed by atoms with van der Waals surface area (Å²) >= 11 is 11.8. The summed E-state index contributed by atoms with van der Waals surface area (Å²) in [7, 11) is 0. The van der Waals surface area contributed by atoms with E-state index in [-0.39, 0.29) is 11.1 Å². The molecular formula is C15H16Cl2N4O. The van der Waals surface area contributed by atoms with Gasteiger partial charge in [-0.05, 0) is 18.2 Å². The normalized spacial score (nSPS) is 11.9. The Bertz CT molecular complexity index is 717. The van der Waals surface area contributed by atoms with Crippen molar-refractivity contribution in [1.82, 2.24) is 15.6 Å². The zero-order valence-corrected chi connectivity index (χ0v) is 14.0. The summed E-state index contributed by atoms with van der Waals surface area (Å²) in [5.74, 6) is -0.395. The second-order valence-corrected chi connectivity index (χ2v) is 6.63. The SMILES string of the molecule is CC(C)(C)c1cc(C(=O)NN=Cc2ccc(Cl)cc2Cl)n[nH]1. The third kappa shape index (κ3) is 4.08. The lowest BCUT2D eigenvalue weighted by Crippen LogP contribution is -2.18. The van der Waals surface area contributed by atoms with Gasteiger partial charge in [-0.3, -0.25) is 9.89 Å². The second-order valence-electron chi connectivity index (χ2n) is 5.78. The zero-order valence-electron chi connectivity index (χ0n) is 12.4. The summed E-state index contributed by atoms with van der Waals surface area (Å²) in [5.41, 5.74) is 4.12. The number of hydrogen-bond acceptors (Lipinski definition) is 3. The van der Waals surface area contributed by atoms with Crippen molar-refractivity contribution in [3.63, 3.8) is 0 Å². The summed E-state index contributed by atoms with van der Waals surface area (Å²) in [6, 6.07) is 6.72. The summed E-state index contributed by atoms with van der Waals surface area (Å²) < 4.78 is 0. The number of carbonyl (C=O) groups is 1. The van der Waals surface area contributed by atoms with Crippen molar-refractivity contribution < 1.29 is 4.79 Å². The van der Waals surface area contributed by atoms with Gasteiger partial charge in [0.1, 0.15) is 0 Å². The molecule has 1 aromatic carbocycles. The van der Waals surface area contributed by atoms with Crippen LogP contribution in [0, 0.1) is 0 Å². The van der Waals surface area contributed by atoms with Gasteiger partial charge in [-0.2, -0.15) is 10.2 Å². The van der Waals surface area contributed by atoms with Gasteiger partial charge in [-0.1, -0.05) is 50.0 Å². The van der Waals surface area contributed by atoms with Gasteiger partial charge in [0.25, 0.3) is 5.91 Å². The van der Waals surface area contributed by atoms with E-state index in [1.54, 1.807) is 24.3 Å². The number of benzene rings is 1. The number of aromatic nitrogens is 2. The van der Waals surface area contributed by atoms with Gasteiger partial charge in [-0.25, -0.2) is 5.43 Å². The minimum atomic E-state index is -0.395. The molecule has 0 atom stereocenters. The first-order valence-electron chi connectivity index (χ1n) is 6.62. The van der Waals surface area contributed by atoms with Crippen LogP contribution < -0.4 is 5.43 Å². The smallest absolute Gasteiger partial charge is 0.281 e. The highest BCUT2D eigenvalue weighted by Crippen LogP contribution is 2.20. The minimum Gasteiger partial charge on any atom is -0.281 e. The molecule has 5 nitrogen and oxygen atoms in total. The number of H-pyrrole nitrogens is 1. The standard InChI is InChI=1S/C15H16Cl2N4O/c1-15(2,3)13-7-12(19-20-13)14(22)21-18-8-9-4-5-10(16)6-11(9)17/h4-8H,1-3H3,(H,19,20)(H,21,22). The average molecular weight is 339 g/mol. The predicted molar refractivity (Wildman–Crippen MR) is 88.8 cm³/mol. The van der Waals surface area contributed by atoms with Gasteiger partial charge in [0.05, 0.1) is 11.2 Å². The van der Waals surface area contributed by atoms with E-state index in [0.29, 0.717) is 15.6 Å². The van der Waals surface area contributed by atoms with Crippen LogP contribution in [0.1, 0.15) is 42.5 Å². The Morgan fingerprint density at radius 2 is 2.05 bits per heavy atom. The molecule has 0 unspecified atom stereocenters. The molecule has 22 heavy (non-hydrogen) atoms. The molecule has 1 heterocycles. The first kappa shape index (κ1) is 16.5. The third-order valence-electron chi connectivity index (χ3n) is 2.95. The molecule has 0 aliphatic carbocycles. The molecule has 2 N–H and O–H groups in total. The fourth-order valence-electron chi connectivity index (χ4n) is 1.65. The van der Waals surface area contributed by atoms with Crippen LogP contribution >= 0.6 is 23.2 Å². The Balaban J connectivity index is 2.03. The monoisotopic (exact) mass is 338 g/mol. The van der Waals surface area contributed by atoms with Gasteiger partial charge in [0.15, 0.2) is 5.69 Å². The van der Waals surface area contributed by atoms with E-state index in [2.05, 4.69) is 20.7 Å². The molecule has 116 valence electrons. The van der Waals surface area contributed by atoms with Gasteiger partial charge >= 0.3 is 0 Å². The highest BCUT2D eigenvalue weighted by Gasteiger charge is 2.19. The Hall–Kier alpha value is -1.85. The molecular weight excluding hydrogens is 323 g/mol. The van der Waals surface area contributed by atoms with Crippen molar-refractivity contribution in [3.8, 4) is 0 Å². The number of nitrogens with one attached hydrogen (secondary N) is 2. The van der Waals surface area contributed by atoms with E-state index in [1.165, 1.54) is 6.21 Å². The van der Waals surface area contributed by atoms with Gasteiger partial charge in [0.2, 0.25) is 0 Å². The largest absolute Gasteiger partial charge is 0.291 e. The highest BCUT2D eigenvalue weighted by molar-refractivity contribution is 6.36. The Morgan fingerprint density at radius 3 is 2.64 bits per heavy atom. The molecule has 0 bridgehead atoms. The van der Waals surface area contributed by atoms with Gasteiger partial charge in [0, 0.05) is 21.7 Å².